The fourth-order valence-corrected chi connectivity index (χ4v) is 3.40. The molecule has 0 spiro atoms. The maximum absolute atomic E-state index is 12.3. The van der Waals surface area contributed by atoms with Gasteiger partial charge in [-0.1, -0.05) is 24.3 Å². The van der Waals surface area contributed by atoms with Gasteiger partial charge in [0.05, 0.1) is 16.5 Å². The van der Waals surface area contributed by atoms with Gasteiger partial charge < -0.3 is 9.73 Å². The van der Waals surface area contributed by atoms with E-state index in [-0.39, 0.29) is 30.1 Å². The van der Waals surface area contributed by atoms with Crippen molar-refractivity contribution < 1.29 is 14.1 Å². The number of nitro benzene ring substituents is 1. The number of carbonyl (C=O) groups excluding carboxylic acids is 1. The van der Waals surface area contributed by atoms with Crippen molar-refractivity contribution >= 4 is 22.7 Å². The summed E-state index contributed by atoms with van der Waals surface area (Å²) in [5.74, 6) is -0.697. The molecule has 0 aliphatic heterocycles. The minimum atomic E-state index is -0.593. The van der Waals surface area contributed by atoms with E-state index in [0.29, 0.717) is 24.5 Å². The molecule has 0 bridgehead atoms. The number of aromatic nitrogens is 1. The molecule has 170 valence electrons. The summed E-state index contributed by atoms with van der Waals surface area (Å²) >= 11 is 0. The second-order valence-corrected chi connectivity index (χ2v) is 8.09. The number of benzene rings is 2. The van der Waals surface area contributed by atoms with Crippen molar-refractivity contribution in [2.24, 2.45) is 0 Å². The van der Waals surface area contributed by atoms with Crippen molar-refractivity contribution in [3.05, 3.63) is 74.3 Å². The topological polar surface area (TPSA) is 111 Å². The molecule has 0 aliphatic carbocycles. The quantitative estimate of drug-likeness (QED) is 0.382. The molecule has 3 aromatic rings. The van der Waals surface area contributed by atoms with Crippen LogP contribution in [0.25, 0.3) is 11.1 Å². The molecule has 0 fully saturated rings. The molecule has 2 aromatic carbocycles. The van der Waals surface area contributed by atoms with Crippen LogP contribution in [0.5, 0.6) is 0 Å². The highest BCUT2D eigenvalue weighted by Crippen LogP contribution is 2.20. The highest BCUT2D eigenvalue weighted by Gasteiger charge is 2.14. The Bertz CT molecular complexity index is 1160. The third kappa shape index (κ3) is 5.61. The normalized spacial score (nSPS) is 11.4. The summed E-state index contributed by atoms with van der Waals surface area (Å²) in [6, 6.07) is 12.5. The second-order valence-electron chi connectivity index (χ2n) is 8.09. The van der Waals surface area contributed by atoms with E-state index < -0.39 is 10.7 Å². The first-order valence-electron chi connectivity index (χ1n) is 10.6. The van der Waals surface area contributed by atoms with Gasteiger partial charge in [-0.25, -0.2) is 4.79 Å². The summed E-state index contributed by atoms with van der Waals surface area (Å²) in [4.78, 5) is 37.0. The number of aryl methyl sites for hydroxylation is 1. The fraction of sp³-hybridized carbons (Fsp3) is 0.391. The molecular formula is C23H28N4O5. The molecule has 0 saturated heterocycles. The summed E-state index contributed by atoms with van der Waals surface area (Å²) in [6.07, 6.45) is 0.690. The van der Waals surface area contributed by atoms with Gasteiger partial charge in [-0.15, -0.1) is 0 Å². The number of nitrogens with zero attached hydrogens (tertiary/aromatic N) is 3. The van der Waals surface area contributed by atoms with Gasteiger partial charge in [-0.3, -0.25) is 24.4 Å². The molecule has 1 N–H and O–H groups in total. The zero-order valence-electron chi connectivity index (χ0n) is 18.5. The average Bonchev–Trinajstić information content (AvgIpc) is 3.07. The molecule has 9 heteroatoms. The molecule has 1 amide bonds. The Morgan fingerprint density at radius 1 is 1.22 bits per heavy atom. The number of fused-ring (bicyclic) bond motifs is 1. The molecular weight excluding hydrogens is 412 g/mol. The molecule has 0 saturated carbocycles. The predicted octanol–water partition coefficient (Wildman–Crippen LogP) is 3.44. The monoisotopic (exact) mass is 440 g/mol. The first-order valence-corrected chi connectivity index (χ1v) is 10.6. The Hall–Kier alpha value is -3.46. The molecule has 32 heavy (non-hydrogen) atoms. The molecule has 0 atom stereocenters. The predicted molar refractivity (Wildman–Crippen MR) is 121 cm³/mol. The SMILES string of the molecule is CC(C)N(C)Cc1ccccc1CNC(=O)CCCn1c(=O)oc2cc([N+](=O)[O-])ccc21. The van der Waals surface area contributed by atoms with E-state index >= 15 is 0 Å². The van der Waals surface area contributed by atoms with Gasteiger partial charge >= 0.3 is 5.76 Å². The van der Waals surface area contributed by atoms with Crippen LogP contribution in [0.15, 0.2) is 51.7 Å². The van der Waals surface area contributed by atoms with Crippen LogP contribution in [0, 0.1) is 10.1 Å². The number of amides is 1. The number of oxazole rings is 1. The number of carbonyl (C=O) groups is 1. The van der Waals surface area contributed by atoms with Gasteiger partial charge in [0.25, 0.3) is 5.69 Å². The molecule has 0 radical (unpaired) electrons. The first-order chi connectivity index (χ1) is 15.3. The van der Waals surface area contributed by atoms with E-state index in [1.165, 1.54) is 28.3 Å². The summed E-state index contributed by atoms with van der Waals surface area (Å²) < 4.78 is 6.50. The maximum atomic E-state index is 12.3. The highest BCUT2D eigenvalue weighted by molar-refractivity contribution is 5.76. The van der Waals surface area contributed by atoms with Crippen LogP contribution >= 0.6 is 0 Å². The number of nitrogens with one attached hydrogen (secondary N) is 1. The lowest BCUT2D eigenvalue weighted by Crippen LogP contribution is -2.27. The Balaban J connectivity index is 1.55. The van der Waals surface area contributed by atoms with Gasteiger partial charge in [-0.05, 0) is 44.5 Å². The van der Waals surface area contributed by atoms with Crippen LogP contribution in [0.1, 0.15) is 37.8 Å². The average molecular weight is 441 g/mol. The summed E-state index contributed by atoms with van der Waals surface area (Å²) in [5.41, 5.74) is 2.75. The zero-order valence-corrected chi connectivity index (χ0v) is 18.5. The molecule has 1 heterocycles. The van der Waals surface area contributed by atoms with Gasteiger partial charge in [0.1, 0.15) is 0 Å². The highest BCUT2D eigenvalue weighted by atomic mass is 16.6. The minimum Gasteiger partial charge on any atom is -0.407 e. The van der Waals surface area contributed by atoms with Crippen LogP contribution in [-0.4, -0.2) is 33.4 Å². The standard InChI is InChI=1S/C23H28N4O5/c1-16(2)25(3)15-18-8-5-4-7-17(18)14-24-22(28)9-6-12-26-20-11-10-19(27(30)31)13-21(20)32-23(26)29/h4-5,7-8,10-11,13,16H,6,9,12,14-15H2,1-3H3,(H,24,28). The number of non-ortho nitro benzene ring substituents is 1. The number of nitro groups is 1. The summed E-state index contributed by atoms with van der Waals surface area (Å²) in [7, 11) is 2.07. The Morgan fingerprint density at radius 3 is 2.62 bits per heavy atom. The second kappa shape index (κ2) is 10.2. The van der Waals surface area contributed by atoms with Crippen LogP contribution in [0.3, 0.4) is 0 Å². The van der Waals surface area contributed by atoms with Crippen molar-refractivity contribution in [3.8, 4) is 0 Å². The number of hydrogen-bond acceptors (Lipinski definition) is 6. The van der Waals surface area contributed by atoms with E-state index in [1.807, 2.05) is 18.2 Å². The molecule has 0 aliphatic rings. The van der Waals surface area contributed by atoms with Crippen molar-refractivity contribution in [1.82, 2.24) is 14.8 Å². The van der Waals surface area contributed by atoms with E-state index in [4.69, 9.17) is 4.42 Å². The number of rotatable bonds is 10. The molecule has 0 unspecified atom stereocenters. The van der Waals surface area contributed by atoms with E-state index in [2.05, 4.69) is 37.2 Å². The van der Waals surface area contributed by atoms with Crippen LogP contribution in [0.4, 0.5) is 5.69 Å². The largest absolute Gasteiger partial charge is 0.419 e. The first kappa shape index (κ1) is 23.2. The van der Waals surface area contributed by atoms with Crippen molar-refractivity contribution in [3.63, 3.8) is 0 Å². The van der Waals surface area contributed by atoms with E-state index in [0.717, 1.165) is 12.1 Å². The lowest BCUT2D eigenvalue weighted by atomic mass is 10.1. The zero-order chi connectivity index (χ0) is 23.3. The molecule has 3 rings (SSSR count). The Labute approximate surface area is 185 Å². The fourth-order valence-electron chi connectivity index (χ4n) is 3.40. The Morgan fingerprint density at radius 2 is 1.94 bits per heavy atom. The third-order valence-corrected chi connectivity index (χ3v) is 5.54. The van der Waals surface area contributed by atoms with Crippen LogP contribution in [0.2, 0.25) is 0 Å². The van der Waals surface area contributed by atoms with E-state index in [9.17, 15) is 19.7 Å². The molecule has 1 aromatic heterocycles. The van der Waals surface area contributed by atoms with Crippen LogP contribution < -0.4 is 11.1 Å². The number of hydrogen-bond donors (Lipinski definition) is 1. The van der Waals surface area contributed by atoms with Gasteiger partial charge in [0, 0.05) is 38.2 Å². The summed E-state index contributed by atoms with van der Waals surface area (Å²) in [6.45, 7) is 5.81. The lowest BCUT2D eigenvalue weighted by Gasteiger charge is -2.22. The third-order valence-electron chi connectivity index (χ3n) is 5.54. The van der Waals surface area contributed by atoms with Crippen molar-refractivity contribution in [2.45, 2.75) is 52.4 Å². The van der Waals surface area contributed by atoms with Crippen molar-refractivity contribution in [1.29, 1.82) is 0 Å². The molecule has 9 nitrogen and oxygen atoms in total. The minimum absolute atomic E-state index is 0.103. The van der Waals surface area contributed by atoms with E-state index in [1.54, 1.807) is 0 Å². The maximum Gasteiger partial charge on any atom is 0.419 e. The smallest absolute Gasteiger partial charge is 0.407 e. The Kier molecular flexibility index (Phi) is 7.42. The van der Waals surface area contributed by atoms with Crippen molar-refractivity contribution in [2.75, 3.05) is 7.05 Å². The summed E-state index contributed by atoms with van der Waals surface area (Å²) in [5, 5.41) is 13.8. The van der Waals surface area contributed by atoms with Gasteiger partial charge in [-0.2, -0.15) is 0 Å². The van der Waals surface area contributed by atoms with Gasteiger partial charge in [0.15, 0.2) is 5.58 Å². The van der Waals surface area contributed by atoms with Gasteiger partial charge in [0.2, 0.25) is 5.91 Å². The van der Waals surface area contributed by atoms with Crippen LogP contribution in [-0.2, 0) is 24.4 Å². The lowest BCUT2D eigenvalue weighted by molar-refractivity contribution is -0.384.